The monoisotopic (exact) mass is 397 g/mol. The number of nitrogens with zero attached hydrogens (tertiary/aromatic N) is 1. The largest absolute Gasteiger partial charge is 0.454 e. The fraction of sp³-hybridized carbons (Fsp3) is 0.238. The van der Waals surface area contributed by atoms with Crippen molar-refractivity contribution in [2.75, 3.05) is 12.1 Å². The SMILES string of the molecule is CC(C)Cc1[nH]nc(-c2ccc3c(c2)OCO3)c1NC(=O)c1ccc(Cl)cc1. The summed E-state index contributed by atoms with van der Waals surface area (Å²) in [6.45, 7) is 4.44. The van der Waals surface area contributed by atoms with Gasteiger partial charge in [0.15, 0.2) is 11.5 Å². The van der Waals surface area contributed by atoms with Gasteiger partial charge in [0.05, 0.1) is 11.4 Å². The van der Waals surface area contributed by atoms with E-state index in [1.165, 1.54) is 0 Å². The molecule has 0 saturated carbocycles. The minimum atomic E-state index is -0.218. The number of ether oxygens (including phenoxy) is 2. The molecule has 144 valence electrons. The molecule has 1 amide bonds. The molecular formula is C21H20ClN3O3. The van der Waals surface area contributed by atoms with Crippen LogP contribution in [0.25, 0.3) is 11.3 Å². The summed E-state index contributed by atoms with van der Waals surface area (Å²) in [6, 6.07) is 12.4. The van der Waals surface area contributed by atoms with E-state index < -0.39 is 0 Å². The summed E-state index contributed by atoms with van der Waals surface area (Å²) in [4.78, 5) is 12.8. The Kier molecular flexibility index (Phi) is 4.96. The van der Waals surface area contributed by atoms with E-state index >= 15 is 0 Å². The number of hydrogen-bond acceptors (Lipinski definition) is 4. The Morgan fingerprint density at radius 2 is 1.93 bits per heavy atom. The number of anilines is 1. The second-order valence-corrected chi connectivity index (χ2v) is 7.49. The lowest BCUT2D eigenvalue weighted by molar-refractivity contribution is 0.102. The summed E-state index contributed by atoms with van der Waals surface area (Å²) < 4.78 is 10.9. The number of fused-ring (bicyclic) bond motifs is 1. The topological polar surface area (TPSA) is 76.2 Å². The van der Waals surface area contributed by atoms with Crippen LogP contribution >= 0.6 is 11.6 Å². The highest BCUT2D eigenvalue weighted by Gasteiger charge is 2.21. The van der Waals surface area contributed by atoms with Crippen LogP contribution < -0.4 is 14.8 Å². The summed E-state index contributed by atoms with van der Waals surface area (Å²) >= 11 is 5.92. The number of carbonyl (C=O) groups is 1. The second-order valence-electron chi connectivity index (χ2n) is 7.05. The smallest absolute Gasteiger partial charge is 0.255 e. The van der Waals surface area contributed by atoms with Gasteiger partial charge in [0.25, 0.3) is 5.91 Å². The highest BCUT2D eigenvalue weighted by molar-refractivity contribution is 6.30. The van der Waals surface area contributed by atoms with Gasteiger partial charge in [-0.1, -0.05) is 25.4 Å². The fourth-order valence-corrected chi connectivity index (χ4v) is 3.23. The summed E-state index contributed by atoms with van der Waals surface area (Å²) in [5.74, 6) is 1.55. The van der Waals surface area contributed by atoms with Crippen LogP contribution in [-0.2, 0) is 6.42 Å². The lowest BCUT2D eigenvalue weighted by atomic mass is 10.0. The first-order valence-corrected chi connectivity index (χ1v) is 9.43. The summed E-state index contributed by atoms with van der Waals surface area (Å²) in [6.07, 6.45) is 0.758. The molecule has 3 aromatic rings. The molecule has 0 radical (unpaired) electrons. The first-order chi connectivity index (χ1) is 13.5. The van der Waals surface area contributed by atoms with Crippen LogP contribution in [0.5, 0.6) is 11.5 Å². The number of benzene rings is 2. The van der Waals surface area contributed by atoms with Gasteiger partial charge in [-0.3, -0.25) is 9.89 Å². The number of carbonyl (C=O) groups excluding carboxylic acids is 1. The Labute approximate surface area is 167 Å². The first-order valence-electron chi connectivity index (χ1n) is 9.05. The van der Waals surface area contributed by atoms with E-state index in [1.807, 2.05) is 18.2 Å². The Morgan fingerprint density at radius 3 is 2.68 bits per heavy atom. The molecule has 0 atom stereocenters. The van der Waals surface area contributed by atoms with Crippen molar-refractivity contribution in [3.05, 3.63) is 58.7 Å². The number of nitrogens with one attached hydrogen (secondary N) is 2. The van der Waals surface area contributed by atoms with Crippen molar-refractivity contribution < 1.29 is 14.3 Å². The number of rotatable bonds is 5. The van der Waals surface area contributed by atoms with Gasteiger partial charge in [0.2, 0.25) is 6.79 Å². The van der Waals surface area contributed by atoms with Crippen molar-refractivity contribution in [3.8, 4) is 22.8 Å². The number of hydrogen-bond donors (Lipinski definition) is 2. The van der Waals surface area contributed by atoms with Crippen LogP contribution in [0.15, 0.2) is 42.5 Å². The molecule has 0 bridgehead atoms. The summed E-state index contributed by atoms with van der Waals surface area (Å²) in [5.41, 5.74) is 3.58. The van der Waals surface area contributed by atoms with E-state index in [-0.39, 0.29) is 12.7 Å². The predicted molar refractivity (Wildman–Crippen MR) is 108 cm³/mol. The normalized spacial score (nSPS) is 12.4. The number of aromatic amines is 1. The molecule has 1 aliphatic heterocycles. The Bertz CT molecular complexity index is 1010. The molecule has 2 heterocycles. The zero-order valence-corrected chi connectivity index (χ0v) is 16.3. The molecule has 7 heteroatoms. The zero-order valence-electron chi connectivity index (χ0n) is 15.6. The van der Waals surface area contributed by atoms with E-state index in [4.69, 9.17) is 21.1 Å². The van der Waals surface area contributed by atoms with Crippen molar-refractivity contribution in [2.24, 2.45) is 5.92 Å². The third-order valence-electron chi connectivity index (χ3n) is 4.44. The van der Waals surface area contributed by atoms with Crippen LogP contribution in [0.3, 0.4) is 0 Å². The lowest BCUT2D eigenvalue weighted by Gasteiger charge is -2.10. The molecule has 6 nitrogen and oxygen atoms in total. The van der Waals surface area contributed by atoms with Crippen LogP contribution in [0.1, 0.15) is 29.9 Å². The van der Waals surface area contributed by atoms with E-state index in [2.05, 4.69) is 29.4 Å². The van der Waals surface area contributed by atoms with Gasteiger partial charge < -0.3 is 14.8 Å². The molecule has 0 fully saturated rings. The minimum absolute atomic E-state index is 0.206. The Balaban J connectivity index is 1.70. The van der Waals surface area contributed by atoms with Gasteiger partial charge >= 0.3 is 0 Å². The third kappa shape index (κ3) is 3.68. The molecule has 0 saturated heterocycles. The van der Waals surface area contributed by atoms with Crippen molar-refractivity contribution in [1.82, 2.24) is 10.2 Å². The quantitative estimate of drug-likeness (QED) is 0.641. The molecule has 0 spiro atoms. The maximum atomic E-state index is 12.8. The molecule has 2 N–H and O–H groups in total. The van der Waals surface area contributed by atoms with Crippen molar-refractivity contribution in [3.63, 3.8) is 0 Å². The van der Waals surface area contributed by atoms with Gasteiger partial charge in [-0.05, 0) is 54.8 Å². The molecule has 0 aliphatic carbocycles. The van der Waals surface area contributed by atoms with Gasteiger partial charge in [-0.2, -0.15) is 5.10 Å². The van der Waals surface area contributed by atoms with Crippen LogP contribution in [0, 0.1) is 5.92 Å². The van der Waals surface area contributed by atoms with Crippen molar-refractivity contribution in [2.45, 2.75) is 20.3 Å². The van der Waals surface area contributed by atoms with Gasteiger partial charge in [-0.15, -0.1) is 0 Å². The lowest BCUT2D eigenvalue weighted by Crippen LogP contribution is -2.13. The van der Waals surface area contributed by atoms with E-state index in [0.29, 0.717) is 39.4 Å². The number of H-pyrrole nitrogens is 1. The second kappa shape index (κ2) is 7.56. The summed E-state index contributed by atoms with van der Waals surface area (Å²) in [5, 5.41) is 11.2. The van der Waals surface area contributed by atoms with E-state index in [0.717, 1.165) is 17.7 Å². The molecule has 28 heavy (non-hydrogen) atoms. The molecular weight excluding hydrogens is 378 g/mol. The highest BCUT2D eigenvalue weighted by Crippen LogP contribution is 2.38. The maximum absolute atomic E-state index is 12.8. The van der Waals surface area contributed by atoms with E-state index in [9.17, 15) is 4.79 Å². The zero-order chi connectivity index (χ0) is 19.7. The average Bonchev–Trinajstić information content (AvgIpc) is 3.28. The highest BCUT2D eigenvalue weighted by atomic mass is 35.5. The minimum Gasteiger partial charge on any atom is -0.454 e. The van der Waals surface area contributed by atoms with Crippen molar-refractivity contribution in [1.29, 1.82) is 0 Å². The van der Waals surface area contributed by atoms with Crippen LogP contribution in [0.4, 0.5) is 5.69 Å². The predicted octanol–water partition coefficient (Wildman–Crippen LogP) is 4.91. The number of halogens is 1. The van der Waals surface area contributed by atoms with Crippen LogP contribution in [-0.4, -0.2) is 22.9 Å². The van der Waals surface area contributed by atoms with E-state index in [1.54, 1.807) is 24.3 Å². The van der Waals surface area contributed by atoms with Gasteiger partial charge in [-0.25, -0.2) is 0 Å². The van der Waals surface area contributed by atoms with Gasteiger partial charge in [0, 0.05) is 16.1 Å². The Hall–Kier alpha value is -2.99. The molecule has 1 aliphatic rings. The van der Waals surface area contributed by atoms with Crippen molar-refractivity contribution >= 4 is 23.2 Å². The number of amides is 1. The van der Waals surface area contributed by atoms with Gasteiger partial charge in [0.1, 0.15) is 5.69 Å². The average molecular weight is 398 g/mol. The third-order valence-corrected chi connectivity index (χ3v) is 4.70. The molecule has 2 aromatic carbocycles. The maximum Gasteiger partial charge on any atom is 0.255 e. The summed E-state index contributed by atoms with van der Waals surface area (Å²) in [7, 11) is 0. The molecule has 4 rings (SSSR count). The Morgan fingerprint density at radius 1 is 1.18 bits per heavy atom. The molecule has 1 aromatic heterocycles. The van der Waals surface area contributed by atoms with Crippen LogP contribution in [0.2, 0.25) is 5.02 Å². The fourth-order valence-electron chi connectivity index (χ4n) is 3.11. The standard InChI is InChI=1S/C21H20ClN3O3/c1-12(2)9-16-20(23-21(26)13-3-6-15(22)7-4-13)19(25-24-16)14-5-8-17-18(10-14)28-11-27-17/h3-8,10,12H,9,11H2,1-2H3,(H,23,26)(H,24,25). The molecule has 0 unspecified atom stereocenters. The number of aromatic nitrogens is 2. The first kappa shape index (κ1) is 18.4.